The van der Waals surface area contributed by atoms with Crippen LogP contribution >= 0.6 is 15.9 Å². The van der Waals surface area contributed by atoms with Crippen molar-refractivity contribution in [3.05, 3.63) is 34.9 Å². The molecule has 0 saturated carbocycles. The van der Waals surface area contributed by atoms with Crippen molar-refractivity contribution in [3.8, 4) is 0 Å². The van der Waals surface area contributed by atoms with E-state index in [1.807, 2.05) is 6.92 Å². The predicted octanol–water partition coefficient (Wildman–Crippen LogP) is 4.30. The summed E-state index contributed by atoms with van der Waals surface area (Å²) in [4.78, 5) is -0.0376. The normalized spacial score (nSPS) is 26.0. The first-order valence-electron chi connectivity index (χ1n) is 4.73. The number of rotatable bonds is 0. The largest absolute Gasteiger partial charge is 0.207 e. The van der Waals surface area contributed by atoms with Gasteiger partial charge in [0.25, 0.3) is 0 Å². The molecule has 2 atom stereocenters. The summed E-state index contributed by atoms with van der Waals surface area (Å²) in [5.74, 6) is -0.456. The molecule has 0 spiro atoms. The van der Waals surface area contributed by atoms with Crippen LogP contribution in [0.5, 0.6) is 0 Å². The average molecular weight is 261 g/mol. The topological polar surface area (TPSA) is 0 Å². The van der Waals surface area contributed by atoms with Crippen LogP contribution in [0.15, 0.2) is 12.1 Å². The Morgan fingerprint density at radius 2 is 1.71 bits per heavy atom. The van der Waals surface area contributed by atoms with Crippen LogP contribution < -0.4 is 0 Å². The van der Waals surface area contributed by atoms with Crippen molar-refractivity contribution in [1.82, 2.24) is 0 Å². The van der Waals surface area contributed by atoms with E-state index in [4.69, 9.17) is 0 Å². The van der Waals surface area contributed by atoms with Gasteiger partial charge >= 0.3 is 0 Å². The summed E-state index contributed by atoms with van der Waals surface area (Å²) in [6, 6.07) is 2.43. The summed E-state index contributed by atoms with van der Waals surface area (Å²) in [5.41, 5.74) is 1.07. The second-order valence-electron chi connectivity index (χ2n) is 3.80. The molecule has 2 rings (SSSR count). The van der Waals surface area contributed by atoms with Crippen LogP contribution in [-0.4, -0.2) is 0 Å². The van der Waals surface area contributed by atoms with E-state index in [2.05, 4.69) is 15.9 Å². The summed E-state index contributed by atoms with van der Waals surface area (Å²) in [7, 11) is 0. The lowest BCUT2D eigenvalue weighted by Crippen LogP contribution is -2.13. The molecule has 0 aliphatic heterocycles. The zero-order chi connectivity index (χ0) is 10.3. The third-order valence-corrected chi connectivity index (χ3v) is 3.76. The Labute approximate surface area is 90.4 Å². The molecule has 0 N–H and O–H groups in total. The smallest absolute Gasteiger partial charge is 0.128 e. The number of benzene rings is 1. The van der Waals surface area contributed by atoms with E-state index in [1.54, 1.807) is 0 Å². The fourth-order valence-electron chi connectivity index (χ4n) is 2.09. The van der Waals surface area contributed by atoms with E-state index in [0.29, 0.717) is 11.1 Å². The van der Waals surface area contributed by atoms with Gasteiger partial charge in [-0.1, -0.05) is 22.9 Å². The molecule has 1 aromatic rings. The molecule has 0 amide bonds. The van der Waals surface area contributed by atoms with Crippen molar-refractivity contribution in [2.45, 2.75) is 30.5 Å². The molecule has 0 saturated heterocycles. The zero-order valence-corrected chi connectivity index (χ0v) is 9.44. The molecule has 3 heteroatoms. The molecule has 1 aliphatic carbocycles. The van der Waals surface area contributed by atoms with E-state index in [-0.39, 0.29) is 22.4 Å². The van der Waals surface area contributed by atoms with Gasteiger partial charge in [0, 0.05) is 10.4 Å². The number of halogens is 3. The van der Waals surface area contributed by atoms with Gasteiger partial charge in [0.2, 0.25) is 0 Å². The Kier molecular flexibility index (Phi) is 2.60. The summed E-state index contributed by atoms with van der Waals surface area (Å²) >= 11 is 3.39. The highest BCUT2D eigenvalue weighted by Crippen LogP contribution is 2.43. The molecule has 2 unspecified atom stereocenters. The first kappa shape index (κ1) is 10.1. The highest BCUT2D eigenvalue weighted by molar-refractivity contribution is 9.09. The lowest BCUT2D eigenvalue weighted by Gasteiger charge is -2.27. The SMILES string of the molecule is CC1CCC(Br)c2c(F)ccc(F)c21. The van der Waals surface area contributed by atoms with E-state index in [1.165, 1.54) is 12.1 Å². The van der Waals surface area contributed by atoms with Crippen LogP contribution in [0.1, 0.15) is 41.6 Å². The highest BCUT2D eigenvalue weighted by Gasteiger charge is 2.28. The Bertz CT molecular complexity index is 328. The van der Waals surface area contributed by atoms with Crippen molar-refractivity contribution in [3.63, 3.8) is 0 Å². The van der Waals surface area contributed by atoms with Crippen molar-refractivity contribution < 1.29 is 8.78 Å². The van der Waals surface area contributed by atoms with Crippen molar-refractivity contribution >= 4 is 15.9 Å². The number of fused-ring (bicyclic) bond motifs is 1. The van der Waals surface area contributed by atoms with Gasteiger partial charge in [-0.3, -0.25) is 0 Å². The van der Waals surface area contributed by atoms with Gasteiger partial charge in [-0.05, 0) is 36.5 Å². The van der Waals surface area contributed by atoms with Crippen LogP contribution in [0.2, 0.25) is 0 Å². The van der Waals surface area contributed by atoms with Gasteiger partial charge in [-0.2, -0.15) is 0 Å². The fourth-order valence-corrected chi connectivity index (χ4v) is 2.82. The molecule has 76 valence electrons. The standard InChI is InChI=1S/C11H11BrF2/c1-6-2-3-7(12)11-9(14)5-4-8(13)10(6)11/h4-7H,2-3H2,1H3. The van der Waals surface area contributed by atoms with Gasteiger partial charge in [0.05, 0.1) is 0 Å². The Balaban J connectivity index is 2.65. The lowest BCUT2D eigenvalue weighted by atomic mass is 9.83. The minimum Gasteiger partial charge on any atom is -0.207 e. The molecule has 0 bridgehead atoms. The maximum absolute atomic E-state index is 13.5. The molecule has 0 aromatic heterocycles. The summed E-state index contributed by atoms with van der Waals surface area (Å²) in [5, 5.41) is 0. The van der Waals surface area contributed by atoms with Crippen molar-refractivity contribution in [1.29, 1.82) is 0 Å². The summed E-state index contributed by atoms with van der Waals surface area (Å²) < 4.78 is 27.0. The molecule has 0 heterocycles. The molecule has 14 heavy (non-hydrogen) atoms. The average Bonchev–Trinajstić information content (AvgIpc) is 2.16. The summed E-state index contributed by atoms with van der Waals surface area (Å²) in [6.45, 7) is 1.94. The van der Waals surface area contributed by atoms with Crippen LogP contribution in [0.3, 0.4) is 0 Å². The third-order valence-electron chi connectivity index (χ3n) is 2.84. The third kappa shape index (κ3) is 1.48. The monoisotopic (exact) mass is 260 g/mol. The minimum absolute atomic E-state index is 0.0376. The molecular formula is C11H11BrF2. The zero-order valence-electron chi connectivity index (χ0n) is 7.86. The van der Waals surface area contributed by atoms with Crippen molar-refractivity contribution in [2.75, 3.05) is 0 Å². The molecule has 1 aliphatic rings. The fraction of sp³-hybridized carbons (Fsp3) is 0.455. The van der Waals surface area contributed by atoms with Crippen LogP contribution in [0.25, 0.3) is 0 Å². The van der Waals surface area contributed by atoms with Gasteiger partial charge < -0.3 is 0 Å². The van der Waals surface area contributed by atoms with Gasteiger partial charge in [0.15, 0.2) is 0 Å². The molecule has 1 aromatic carbocycles. The highest BCUT2D eigenvalue weighted by atomic mass is 79.9. The quantitative estimate of drug-likeness (QED) is 0.611. The lowest BCUT2D eigenvalue weighted by molar-refractivity contribution is 0.501. The van der Waals surface area contributed by atoms with Gasteiger partial charge in [0.1, 0.15) is 11.6 Å². The van der Waals surface area contributed by atoms with E-state index < -0.39 is 0 Å². The number of hydrogen-bond donors (Lipinski definition) is 0. The molecule has 0 fully saturated rings. The first-order valence-corrected chi connectivity index (χ1v) is 5.64. The van der Waals surface area contributed by atoms with Crippen LogP contribution in [-0.2, 0) is 0 Å². The minimum atomic E-state index is -0.296. The van der Waals surface area contributed by atoms with Crippen molar-refractivity contribution in [2.24, 2.45) is 0 Å². The summed E-state index contributed by atoms with van der Waals surface area (Å²) in [6.07, 6.45) is 1.78. The first-order chi connectivity index (χ1) is 6.61. The Hall–Kier alpha value is -0.440. The molecule has 0 radical (unpaired) electrons. The van der Waals surface area contributed by atoms with E-state index in [0.717, 1.165) is 12.8 Å². The molecule has 0 nitrogen and oxygen atoms in total. The van der Waals surface area contributed by atoms with Crippen LogP contribution in [0, 0.1) is 11.6 Å². The van der Waals surface area contributed by atoms with Crippen LogP contribution in [0.4, 0.5) is 8.78 Å². The Morgan fingerprint density at radius 1 is 1.14 bits per heavy atom. The number of hydrogen-bond acceptors (Lipinski definition) is 0. The number of alkyl halides is 1. The van der Waals surface area contributed by atoms with E-state index >= 15 is 0 Å². The second-order valence-corrected chi connectivity index (χ2v) is 4.91. The Morgan fingerprint density at radius 3 is 2.29 bits per heavy atom. The maximum atomic E-state index is 13.5. The molecular weight excluding hydrogens is 250 g/mol. The second kappa shape index (κ2) is 3.61. The van der Waals surface area contributed by atoms with Gasteiger partial charge in [-0.15, -0.1) is 0 Å². The van der Waals surface area contributed by atoms with E-state index in [9.17, 15) is 8.78 Å². The maximum Gasteiger partial charge on any atom is 0.128 e. The van der Waals surface area contributed by atoms with Gasteiger partial charge in [-0.25, -0.2) is 8.78 Å². The predicted molar refractivity (Wildman–Crippen MR) is 55.7 cm³/mol.